The van der Waals surface area contributed by atoms with Crippen LogP contribution >= 0.6 is 22.9 Å². The Morgan fingerprint density at radius 2 is 1.76 bits per heavy atom. The summed E-state index contributed by atoms with van der Waals surface area (Å²) in [6, 6.07) is 14.7. The molecular weight excluding hydrogens is 524 g/mol. The topological polar surface area (TPSA) is 97.8 Å². The third-order valence-corrected chi connectivity index (χ3v) is 7.80. The number of benzene rings is 2. The van der Waals surface area contributed by atoms with E-state index in [9.17, 15) is 14.7 Å². The molecule has 202 valence electrons. The van der Waals surface area contributed by atoms with E-state index in [4.69, 9.17) is 21.1 Å². The summed E-state index contributed by atoms with van der Waals surface area (Å²) < 4.78 is 11.9. The van der Waals surface area contributed by atoms with Crippen molar-refractivity contribution in [1.82, 2.24) is 10.3 Å². The van der Waals surface area contributed by atoms with Crippen molar-refractivity contribution in [3.63, 3.8) is 0 Å². The minimum Gasteiger partial charge on any atom is -0.490 e. The van der Waals surface area contributed by atoms with E-state index in [0.29, 0.717) is 15.7 Å². The monoisotopic (exact) mass is 556 g/mol. The number of carboxylic acids is 1. The number of carboxylic acid groups (broad SMARTS) is 1. The summed E-state index contributed by atoms with van der Waals surface area (Å²) in [7, 11) is 0. The van der Waals surface area contributed by atoms with Crippen LogP contribution in [0.2, 0.25) is 5.02 Å². The molecule has 2 aromatic carbocycles. The highest BCUT2D eigenvalue weighted by molar-refractivity contribution is 7.15. The maximum atomic E-state index is 13.2. The normalized spacial score (nSPS) is 15.4. The third kappa shape index (κ3) is 7.12. The number of aryl methyl sites for hydroxylation is 1. The van der Waals surface area contributed by atoms with Crippen LogP contribution in [0.1, 0.15) is 66.4 Å². The average molecular weight is 557 g/mol. The summed E-state index contributed by atoms with van der Waals surface area (Å²) in [5, 5.41) is 14.2. The minimum atomic E-state index is -1.14. The van der Waals surface area contributed by atoms with Gasteiger partial charge in [-0.05, 0) is 76.3 Å². The Balaban J connectivity index is 1.52. The molecule has 0 saturated heterocycles. The fraction of sp³-hybridized carbons (Fsp3) is 0.414. The van der Waals surface area contributed by atoms with Crippen molar-refractivity contribution in [3.05, 3.63) is 69.7 Å². The Kier molecular flexibility index (Phi) is 9.41. The first-order chi connectivity index (χ1) is 18.2. The summed E-state index contributed by atoms with van der Waals surface area (Å²) in [5.41, 5.74) is 1.93. The van der Waals surface area contributed by atoms with E-state index < -0.39 is 18.0 Å². The zero-order valence-corrected chi connectivity index (χ0v) is 23.3. The van der Waals surface area contributed by atoms with E-state index in [1.54, 1.807) is 26.0 Å². The van der Waals surface area contributed by atoms with Crippen LogP contribution in [0.25, 0.3) is 10.6 Å². The Labute approximate surface area is 232 Å². The lowest BCUT2D eigenvalue weighted by Gasteiger charge is -2.27. The smallest absolute Gasteiger partial charge is 0.333 e. The van der Waals surface area contributed by atoms with Crippen LogP contribution in [0.15, 0.2) is 48.5 Å². The summed E-state index contributed by atoms with van der Waals surface area (Å²) in [6.45, 7) is 5.50. The molecule has 0 radical (unpaired) electrons. The molecule has 38 heavy (non-hydrogen) atoms. The quantitative estimate of drug-likeness (QED) is 0.280. The van der Waals surface area contributed by atoms with Crippen molar-refractivity contribution in [2.24, 2.45) is 0 Å². The van der Waals surface area contributed by atoms with Gasteiger partial charge in [0, 0.05) is 27.9 Å². The molecular formula is C29H33ClN2O5S. The van der Waals surface area contributed by atoms with Crippen molar-refractivity contribution < 1.29 is 24.2 Å². The molecule has 1 aliphatic rings. The van der Waals surface area contributed by atoms with Gasteiger partial charge in [0.15, 0.2) is 6.10 Å². The molecule has 1 saturated carbocycles. The van der Waals surface area contributed by atoms with E-state index in [2.05, 4.69) is 10.3 Å². The molecule has 7 nitrogen and oxygen atoms in total. The fourth-order valence-electron chi connectivity index (χ4n) is 4.62. The lowest BCUT2D eigenvalue weighted by Crippen LogP contribution is -2.40. The van der Waals surface area contributed by atoms with Gasteiger partial charge in [0.2, 0.25) is 0 Å². The van der Waals surface area contributed by atoms with Gasteiger partial charge in [0.05, 0.1) is 12.2 Å². The van der Waals surface area contributed by atoms with Gasteiger partial charge < -0.3 is 19.9 Å². The molecule has 0 aliphatic heterocycles. The van der Waals surface area contributed by atoms with E-state index in [0.717, 1.165) is 34.6 Å². The number of aliphatic carboxylic acids is 1. The summed E-state index contributed by atoms with van der Waals surface area (Å²) in [6.07, 6.45) is 3.24. The predicted molar refractivity (Wildman–Crippen MR) is 149 cm³/mol. The molecule has 1 heterocycles. The fourth-order valence-corrected chi connectivity index (χ4v) is 5.66. The first-order valence-electron chi connectivity index (χ1n) is 12.9. The van der Waals surface area contributed by atoms with Gasteiger partial charge in [0.1, 0.15) is 16.5 Å². The van der Waals surface area contributed by atoms with Crippen molar-refractivity contribution in [2.75, 3.05) is 6.54 Å². The number of hydrogen-bond acceptors (Lipinski definition) is 6. The highest BCUT2D eigenvalue weighted by Crippen LogP contribution is 2.30. The molecule has 1 aromatic heterocycles. The summed E-state index contributed by atoms with van der Waals surface area (Å²) >= 11 is 7.41. The van der Waals surface area contributed by atoms with Crippen LogP contribution in [0.5, 0.6) is 5.75 Å². The zero-order valence-electron chi connectivity index (χ0n) is 21.8. The van der Waals surface area contributed by atoms with Gasteiger partial charge in [-0.3, -0.25) is 4.79 Å². The molecule has 9 heteroatoms. The Morgan fingerprint density at radius 1 is 1.11 bits per heavy atom. The predicted octanol–water partition coefficient (Wildman–Crippen LogP) is 6.49. The van der Waals surface area contributed by atoms with Crippen LogP contribution in [-0.2, 0) is 9.53 Å². The van der Waals surface area contributed by atoms with E-state index >= 15 is 0 Å². The van der Waals surface area contributed by atoms with Crippen LogP contribution < -0.4 is 10.1 Å². The number of amides is 1. The highest BCUT2D eigenvalue weighted by Gasteiger charge is 2.32. The number of carbonyl (C=O) groups excluding carboxylic acids is 1. The first-order valence-corrected chi connectivity index (χ1v) is 14.1. The summed E-state index contributed by atoms with van der Waals surface area (Å²) in [4.78, 5) is 30.7. The van der Waals surface area contributed by atoms with Gasteiger partial charge in [-0.25, -0.2) is 9.78 Å². The molecule has 4 rings (SSSR count). The Hall–Kier alpha value is -2.94. The SMILES string of the molecule is Cc1sc(-c2ccc(Cl)cc2)nc1C(=O)NCC(c1ccc(OC2CCCC2)cc1)C(OC(C)C)C(=O)O. The zero-order chi connectivity index (χ0) is 27.2. The van der Waals surface area contributed by atoms with Crippen molar-refractivity contribution >= 4 is 34.8 Å². The maximum absolute atomic E-state index is 13.2. The van der Waals surface area contributed by atoms with Crippen molar-refractivity contribution in [1.29, 1.82) is 0 Å². The molecule has 3 aromatic rings. The van der Waals surface area contributed by atoms with Crippen molar-refractivity contribution in [2.45, 2.75) is 70.7 Å². The molecule has 1 aliphatic carbocycles. The standard InChI is InChI=1S/C29H33ClN2O5S/c1-17(2)36-26(29(34)35)24(19-10-14-23(15-11-19)37-22-6-4-5-7-22)16-31-27(33)25-18(3)38-28(32-25)20-8-12-21(30)13-9-20/h8-15,17,22,24,26H,4-7,16H2,1-3H3,(H,31,33)(H,34,35). The van der Waals surface area contributed by atoms with Crippen LogP contribution in [0, 0.1) is 6.92 Å². The van der Waals surface area contributed by atoms with Crippen LogP contribution in [0.4, 0.5) is 0 Å². The largest absolute Gasteiger partial charge is 0.490 e. The lowest BCUT2D eigenvalue weighted by molar-refractivity contribution is -0.155. The number of thiazole rings is 1. The first kappa shape index (κ1) is 28.1. The van der Waals surface area contributed by atoms with Crippen molar-refractivity contribution in [3.8, 4) is 16.3 Å². The van der Waals surface area contributed by atoms with Crippen LogP contribution in [0.3, 0.4) is 0 Å². The number of halogens is 1. The number of carbonyl (C=O) groups is 2. The average Bonchev–Trinajstić information content (AvgIpc) is 3.54. The minimum absolute atomic E-state index is 0.0680. The van der Waals surface area contributed by atoms with Gasteiger partial charge in [-0.15, -0.1) is 11.3 Å². The second kappa shape index (κ2) is 12.7. The number of hydrogen-bond donors (Lipinski definition) is 2. The number of nitrogens with one attached hydrogen (secondary N) is 1. The number of rotatable bonds is 11. The molecule has 0 bridgehead atoms. The Morgan fingerprint density at radius 3 is 2.37 bits per heavy atom. The van der Waals surface area contributed by atoms with Gasteiger partial charge in [-0.2, -0.15) is 0 Å². The van der Waals surface area contributed by atoms with Gasteiger partial charge in [-0.1, -0.05) is 35.9 Å². The van der Waals surface area contributed by atoms with Gasteiger partial charge in [0.25, 0.3) is 5.91 Å². The van der Waals surface area contributed by atoms with Gasteiger partial charge >= 0.3 is 5.97 Å². The maximum Gasteiger partial charge on any atom is 0.333 e. The molecule has 2 unspecified atom stereocenters. The van der Waals surface area contributed by atoms with E-state index in [1.165, 1.54) is 24.2 Å². The summed E-state index contributed by atoms with van der Waals surface area (Å²) in [5.74, 6) is -1.31. The highest BCUT2D eigenvalue weighted by atomic mass is 35.5. The lowest BCUT2D eigenvalue weighted by atomic mass is 9.92. The second-order valence-corrected chi connectivity index (χ2v) is 11.4. The second-order valence-electron chi connectivity index (χ2n) is 9.78. The number of ether oxygens (including phenoxy) is 2. The molecule has 1 fully saturated rings. The van der Waals surface area contributed by atoms with E-state index in [-0.39, 0.29) is 24.7 Å². The molecule has 0 spiro atoms. The molecule has 2 atom stereocenters. The third-order valence-electron chi connectivity index (χ3n) is 6.53. The Bertz CT molecular complexity index is 1240. The number of aromatic nitrogens is 1. The molecule has 1 amide bonds. The van der Waals surface area contributed by atoms with E-state index in [1.807, 2.05) is 43.3 Å². The molecule has 2 N–H and O–H groups in total. The van der Waals surface area contributed by atoms with Crippen LogP contribution in [-0.4, -0.2) is 46.8 Å². The number of nitrogens with zero attached hydrogens (tertiary/aromatic N) is 1.